The number of thiophene rings is 1. The fourth-order valence-corrected chi connectivity index (χ4v) is 2.44. The van der Waals surface area contributed by atoms with Crippen LogP contribution in [-0.2, 0) is 6.61 Å². The molecule has 1 aromatic heterocycles. The number of carbonyl (C=O) groups is 1. The van der Waals surface area contributed by atoms with Crippen LogP contribution in [-0.4, -0.2) is 11.1 Å². The van der Waals surface area contributed by atoms with Crippen LogP contribution >= 0.6 is 27.3 Å². The first-order chi connectivity index (χ1) is 8.16. The molecule has 1 N–H and O–H groups in total. The van der Waals surface area contributed by atoms with Crippen molar-refractivity contribution in [1.29, 1.82) is 0 Å². The van der Waals surface area contributed by atoms with E-state index in [4.69, 9.17) is 9.84 Å². The summed E-state index contributed by atoms with van der Waals surface area (Å²) in [5, 5.41) is 8.79. The zero-order chi connectivity index (χ0) is 12.3. The van der Waals surface area contributed by atoms with E-state index in [1.165, 1.54) is 11.3 Å². The number of para-hydroxylation sites is 1. The Morgan fingerprint density at radius 3 is 2.71 bits per heavy atom. The van der Waals surface area contributed by atoms with Gasteiger partial charge in [-0.3, -0.25) is 0 Å². The molecule has 0 fully saturated rings. The number of hydrogen-bond donors (Lipinski definition) is 1. The molecule has 0 saturated heterocycles. The van der Waals surface area contributed by atoms with Crippen molar-refractivity contribution < 1.29 is 14.6 Å². The number of benzene rings is 1. The third kappa shape index (κ3) is 3.08. The summed E-state index contributed by atoms with van der Waals surface area (Å²) in [6.07, 6.45) is 0. The summed E-state index contributed by atoms with van der Waals surface area (Å²) in [4.78, 5) is 11.9. The molecular weight excluding hydrogens is 304 g/mol. The molecule has 0 aliphatic heterocycles. The van der Waals surface area contributed by atoms with Crippen LogP contribution in [0.2, 0.25) is 0 Å². The average molecular weight is 313 g/mol. The van der Waals surface area contributed by atoms with Crippen molar-refractivity contribution in [3.05, 3.63) is 50.6 Å². The van der Waals surface area contributed by atoms with Gasteiger partial charge in [0.25, 0.3) is 0 Å². The van der Waals surface area contributed by atoms with Gasteiger partial charge in [0.15, 0.2) is 0 Å². The lowest BCUT2D eigenvalue weighted by atomic mass is 10.3. The number of ether oxygens (including phenoxy) is 1. The first-order valence-corrected chi connectivity index (χ1v) is 6.47. The van der Waals surface area contributed by atoms with E-state index in [2.05, 4.69) is 15.9 Å². The van der Waals surface area contributed by atoms with E-state index in [0.29, 0.717) is 11.5 Å². The minimum atomic E-state index is -0.901. The molecule has 1 aromatic carbocycles. The molecule has 0 aliphatic carbocycles. The first-order valence-electron chi connectivity index (χ1n) is 4.86. The van der Waals surface area contributed by atoms with Gasteiger partial charge in [-0.2, -0.15) is 0 Å². The Bertz CT molecular complexity index is 536. The van der Waals surface area contributed by atoms with E-state index in [1.807, 2.05) is 24.3 Å². The van der Waals surface area contributed by atoms with Gasteiger partial charge in [0.1, 0.15) is 17.2 Å². The van der Waals surface area contributed by atoms with Gasteiger partial charge in [-0.05, 0) is 40.2 Å². The Hall–Kier alpha value is -1.33. The number of hydrogen-bond acceptors (Lipinski definition) is 3. The SMILES string of the molecule is O=C(O)c1ccc(COc2ccccc2Br)s1. The van der Waals surface area contributed by atoms with Crippen molar-refractivity contribution in [1.82, 2.24) is 0 Å². The van der Waals surface area contributed by atoms with Gasteiger partial charge >= 0.3 is 5.97 Å². The third-order valence-electron chi connectivity index (χ3n) is 2.08. The average Bonchev–Trinajstić information content (AvgIpc) is 2.77. The summed E-state index contributed by atoms with van der Waals surface area (Å²) in [7, 11) is 0. The van der Waals surface area contributed by atoms with Crippen LogP contribution in [0.1, 0.15) is 14.5 Å². The quantitative estimate of drug-likeness (QED) is 0.934. The lowest BCUT2D eigenvalue weighted by Gasteiger charge is -2.05. The molecule has 88 valence electrons. The van der Waals surface area contributed by atoms with Crippen molar-refractivity contribution in [2.45, 2.75) is 6.61 Å². The second-order valence-corrected chi connectivity index (χ2v) is 5.31. The molecule has 0 atom stereocenters. The second-order valence-electron chi connectivity index (χ2n) is 3.29. The summed E-state index contributed by atoms with van der Waals surface area (Å²) < 4.78 is 6.47. The summed E-state index contributed by atoms with van der Waals surface area (Å²) in [6, 6.07) is 10.9. The first kappa shape index (κ1) is 12.1. The van der Waals surface area contributed by atoms with Crippen molar-refractivity contribution >= 4 is 33.2 Å². The van der Waals surface area contributed by atoms with Gasteiger partial charge in [-0.25, -0.2) is 4.79 Å². The van der Waals surface area contributed by atoms with Crippen LogP contribution in [0, 0.1) is 0 Å². The zero-order valence-corrected chi connectivity index (χ0v) is 11.1. The summed E-state index contributed by atoms with van der Waals surface area (Å²) in [6.45, 7) is 0.376. The van der Waals surface area contributed by atoms with Crippen LogP contribution < -0.4 is 4.74 Å². The lowest BCUT2D eigenvalue weighted by molar-refractivity contribution is 0.0702. The Labute approximate surface area is 111 Å². The Morgan fingerprint density at radius 2 is 2.06 bits per heavy atom. The van der Waals surface area contributed by atoms with Gasteiger partial charge in [0, 0.05) is 4.88 Å². The van der Waals surface area contributed by atoms with Crippen molar-refractivity contribution in [2.24, 2.45) is 0 Å². The van der Waals surface area contributed by atoms with Gasteiger partial charge in [0.2, 0.25) is 0 Å². The van der Waals surface area contributed by atoms with E-state index in [-0.39, 0.29) is 0 Å². The zero-order valence-electron chi connectivity index (χ0n) is 8.72. The number of halogens is 1. The smallest absolute Gasteiger partial charge is 0.345 e. The fraction of sp³-hybridized carbons (Fsp3) is 0.0833. The van der Waals surface area contributed by atoms with E-state index in [9.17, 15) is 4.79 Å². The maximum absolute atomic E-state index is 10.7. The number of carboxylic acid groups (broad SMARTS) is 1. The Kier molecular flexibility index (Phi) is 3.81. The van der Waals surface area contributed by atoms with Gasteiger partial charge < -0.3 is 9.84 Å². The summed E-state index contributed by atoms with van der Waals surface area (Å²) in [5.74, 6) is -0.153. The summed E-state index contributed by atoms with van der Waals surface area (Å²) >= 11 is 4.61. The van der Waals surface area contributed by atoms with Gasteiger partial charge in [-0.15, -0.1) is 11.3 Å². The van der Waals surface area contributed by atoms with Crippen LogP contribution in [0.4, 0.5) is 0 Å². The fourth-order valence-electron chi connectivity index (χ4n) is 1.28. The molecule has 0 spiro atoms. The minimum Gasteiger partial charge on any atom is -0.487 e. The Morgan fingerprint density at radius 1 is 1.29 bits per heavy atom. The standard InChI is InChI=1S/C12H9BrO3S/c13-9-3-1-2-4-10(9)16-7-8-5-6-11(17-8)12(14)15/h1-6H,7H2,(H,14,15). The van der Waals surface area contributed by atoms with Crippen LogP contribution in [0.5, 0.6) is 5.75 Å². The maximum Gasteiger partial charge on any atom is 0.345 e. The van der Waals surface area contributed by atoms with Gasteiger partial charge in [-0.1, -0.05) is 12.1 Å². The highest BCUT2D eigenvalue weighted by Gasteiger charge is 2.07. The van der Waals surface area contributed by atoms with Crippen LogP contribution in [0.3, 0.4) is 0 Å². The Balaban J connectivity index is 2.02. The van der Waals surface area contributed by atoms with Crippen molar-refractivity contribution in [2.75, 3.05) is 0 Å². The molecule has 1 heterocycles. The third-order valence-corrected chi connectivity index (χ3v) is 3.78. The molecule has 0 radical (unpaired) electrons. The number of rotatable bonds is 4. The predicted octanol–water partition coefficient (Wildman–Crippen LogP) is 3.79. The van der Waals surface area contributed by atoms with E-state index in [0.717, 1.165) is 15.1 Å². The molecule has 17 heavy (non-hydrogen) atoms. The monoisotopic (exact) mass is 312 g/mol. The molecule has 0 bridgehead atoms. The number of aromatic carboxylic acids is 1. The van der Waals surface area contributed by atoms with Crippen molar-refractivity contribution in [3.63, 3.8) is 0 Å². The molecular formula is C12H9BrO3S. The van der Waals surface area contributed by atoms with Crippen LogP contribution in [0.15, 0.2) is 40.9 Å². The minimum absolute atomic E-state index is 0.329. The van der Waals surface area contributed by atoms with Crippen molar-refractivity contribution in [3.8, 4) is 5.75 Å². The highest BCUT2D eigenvalue weighted by molar-refractivity contribution is 9.10. The molecule has 3 nitrogen and oxygen atoms in total. The molecule has 0 saturated carbocycles. The van der Waals surface area contributed by atoms with E-state index in [1.54, 1.807) is 12.1 Å². The maximum atomic E-state index is 10.7. The largest absolute Gasteiger partial charge is 0.487 e. The summed E-state index contributed by atoms with van der Waals surface area (Å²) in [5.41, 5.74) is 0. The normalized spacial score (nSPS) is 10.2. The highest BCUT2D eigenvalue weighted by Crippen LogP contribution is 2.26. The molecule has 0 amide bonds. The second kappa shape index (κ2) is 5.33. The topological polar surface area (TPSA) is 46.5 Å². The van der Waals surface area contributed by atoms with Crippen LogP contribution in [0.25, 0.3) is 0 Å². The van der Waals surface area contributed by atoms with Gasteiger partial charge in [0.05, 0.1) is 4.47 Å². The molecule has 2 rings (SSSR count). The van der Waals surface area contributed by atoms with E-state index < -0.39 is 5.97 Å². The molecule has 5 heteroatoms. The molecule has 2 aromatic rings. The van der Waals surface area contributed by atoms with E-state index >= 15 is 0 Å². The lowest BCUT2D eigenvalue weighted by Crippen LogP contribution is -1.93. The molecule has 0 unspecified atom stereocenters. The predicted molar refractivity (Wildman–Crippen MR) is 69.8 cm³/mol. The molecule has 0 aliphatic rings. The highest BCUT2D eigenvalue weighted by atomic mass is 79.9. The number of carboxylic acids is 1.